The molecule has 31 heavy (non-hydrogen) atoms. The maximum Gasteiger partial charge on any atom is 0.258 e. The van der Waals surface area contributed by atoms with Crippen LogP contribution in [-0.4, -0.2) is 31.1 Å². The molecule has 5 rings (SSSR count). The van der Waals surface area contributed by atoms with Crippen LogP contribution in [0, 0.1) is 5.41 Å². The molecule has 1 aliphatic heterocycles. The van der Waals surface area contributed by atoms with Crippen molar-refractivity contribution >= 4 is 5.91 Å². The molecule has 0 aromatic heterocycles. The molecule has 1 atom stereocenters. The highest BCUT2D eigenvalue weighted by Gasteiger charge is 2.66. The third-order valence-corrected chi connectivity index (χ3v) is 7.59. The largest absolute Gasteiger partial charge is 0.457 e. The quantitative estimate of drug-likeness (QED) is 0.783. The molecule has 1 N–H and O–H groups in total. The Morgan fingerprint density at radius 3 is 2.48 bits per heavy atom. The number of benzene rings is 2. The van der Waals surface area contributed by atoms with E-state index in [1.165, 1.54) is 5.56 Å². The Labute approximate surface area is 184 Å². The molecule has 1 unspecified atom stereocenters. The lowest BCUT2D eigenvalue weighted by Crippen LogP contribution is -2.56. The van der Waals surface area contributed by atoms with E-state index in [4.69, 9.17) is 9.47 Å². The molecule has 2 spiro atoms. The van der Waals surface area contributed by atoms with Gasteiger partial charge >= 0.3 is 0 Å². The number of nitrogens with zero attached hydrogens (tertiary/aromatic N) is 1. The fourth-order valence-corrected chi connectivity index (χ4v) is 5.96. The van der Waals surface area contributed by atoms with Crippen molar-refractivity contribution in [1.82, 2.24) is 10.2 Å². The van der Waals surface area contributed by atoms with Gasteiger partial charge < -0.3 is 14.8 Å². The van der Waals surface area contributed by atoms with Gasteiger partial charge in [-0.1, -0.05) is 24.3 Å². The fraction of sp³-hybridized carbons (Fsp3) is 0.423. The van der Waals surface area contributed by atoms with Crippen molar-refractivity contribution in [2.45, 2.75) is 50.7 Å². The number of fused-ring (bicyclic) bond motifs is 3. The first-order valence-corrected chi connectivity index (χ1v) is 11.1. The van der Waals surface area contributed by atoms with Crippen LogP contribution in [0.15, 0.2) is 60.4 Å². The van der Waals surface area contributed by atoms with E-state index < -0.39 is 5.54 Å². The van der Waals surface area contributed by atoms with Gasteiger partial charge in [-0.15, -0.1) is 0 Å². The number of rotatable bonds is 3. The average Bonchev–Trinajstić information content (AvgIpc) is 3.22. The normalized spacial score (nSPS) is 30.8. The standard InChI is InChI=1S/C26H30N2O3/c1-4-23-27-26(24(29)28(23)2)22-16-21(31-20-8-6-5-7-9-20)11-10-18(22)17-25(26)14-12-19(30-3)13-15-25/h4-11,16,19,27H,12-15,17H2,1-3H3/b23-4+. The summed E-state index contributed by atoms with van der Waals surface area (Å²) in [6.45, 7) is 1.98. The molecule has 2 aromatic rings. The van der Waals surface area contributed by atoms with Gasteiger partial charge in [0.25, 0.3) is 5.91 Å². The summed E-state index contributed by atoms with van der Waals surface area (Å²) >= 11 is 0. The van der Waals surface area contributed by atoms with E-state index in [2.05, 4.69) is 17.4 Å². The van der Waals surface area contributed by atoms with Crippen molar-refractivity contribution in [2.75, 3.05) is 14.2 Å². The van der Waals surface area contributed by atoms with Gasteiger partial charge in [-0.3, -0.25) is 9.69 Å². The minimum atomic E-state index is -0.756. The van der Waals surface area contributed by atoms with Crippen molar-refractivity contribution in [3.8, 4) is 11.5 Å². The van der Waals surface area contributed by atoms with Gasteiger partial charge in [0.05, 0.1) is 6.10 Å². The zero-order chi connectivity index (χ0) is 21.6. The Morgan fingerprint density at radius 2 is 1.84 bits per heavy atom. The molecule has 5 nitrogen and oxygen atoms in total. The highest BCUT2D eigenvalue weighted by Crippen LogP contribution is 2.61. The zero-order valence-electron chi connectivity index (χ0n) is 18.5. The highest BCUT2D eigenvalue weighted by molar-refractivity contribution is 5.94. The Hall–Kier alpha value is -2.79. The summed E-state index contributed by atoms with van der Waals surface area (Å²) in [6.07, 6.45) is 7.03. The van der Waals surface area contributed by atoms with Crippen LogP contribution in [0.4, 0.5) is 0 Å². The Kier molecular flexibility index (Phi) is 4.82. The SMILES string of the molecule is C/C=C1\NC2(C(=O)N1C)c1cc(Oc3ccccc3)ccc1CC21CCC(OC)CC1. The topological polar surface area (TPSA) is 50.8 Å². The van der Waals surface area contributed by atoms with Crippen molar-refractivity contribution < 1.29 is 14.3 Å². The van der Waals surface area contributed by atoms with Gasteiger partial charge in [0.1, 0.15) is 17.3 Å². The van der Waals surface area contributed by atoms with Crippen LogP contribution in [0.2, 0.25) is 0 Å². The molecule has 162 valence electrons. The van der Waals surface area contributed by atoms with E-state index in [9.17, 15) is 4.79 Å². The molecule has 0 bridgehead atoms. The number of para-hydroxylation sites is 1. The number of carbonyl (C=O) groups excluding carboxylic acids is 1. The first-order valence-electron chi connectivity index (χ1n) is 11.1. The number of amides is 1. The second kappa shape index (κ2) is 7.41. The van der Waals surface area contributed by atoms with Crippen molar-refractivity contribution in [3.63, 3.8) is 0 Å². The minimum absolute atomic E-state index is 0.132. The summed E-state index contributed by atoms with van der Waals surface area (Å²) in [4.78, 5) is 15.7. The maximum atomic E-state index is 13.9. The minimum Gasteiger partial charge on any atom is -0.457 e. The van der Waals surface area contributed by atoms with E-state index in [-0.39, 0.29) is 17.4 Å². The fourth-order valence-electron chi connectivity index (χ4n) is 5.96. The number of carbonyl (C=O) groups is 1. The third kappa shape index (κ3) is 2.90. The van der Waals surface area contributed by atoms with Crippen LogP contribution in [0.1, 0.15) is 43.7 Å². The molecule has 2 aliphatic carbocycles. The molecular weight excluding hydrogens is 388 g/mol. The Morgan fingerprint density at radius 1 is 1.10 bits per heavy atom. The number of hydrogen-bond donors (Lipinski definition) is 1. The van der Waals surface area contributed by atoms with Gasteiger partial charge in [0.15, 0.2) is 5.54 Å². The average molecular weight is 419 g/mol. The van der Waals surface area contributed by atoms with Crippen LogP contribution >= 0.6 is 0 Å². The summed E-state index contributed by atoms with van der Waals surface area (Å²) in [6, 6.07) is 16.0. The molecule has 5 heteroatoms. The molecule has 1 amide bonds. The number of hydrogen-bond acceptors (Lipinski definition) is 4. The molecule has 1 heterocycles. The zero-order valence-corrected chi connectivity index (χ0v) is 18.5. The second-order valence-corrected chi connectivity index (χ2v) is 9.04. The van der Waals surface area contributed by atoms with Gasteiger partial charge in [-0.2, -0.15) is 0 Å². The van der Waals surface area contributed by atoms with Crippen molar-refractivity contribution in [3.05, 3.63) is 71.6 Å². The number of nitrogens with one attached hydrogen (secondary N) is 1. The predicted molar refractivity (Wildman–Crippen MR) is 120 cm³/mol. The Balaban J connectivity index is 1.60. The molecule has 1 saturated carbocycles. The van der Waals surface area contributed by atoms with Gasteiger partial charge in [-0.05, 0) is 80.5 Å². The summed E-state index contributed by atoms with van der Waals surface area (Å²) < 4.78 is 11.8. The molecule has 2 fully saturated rings. The summed E-state index contributed by atoms with van der Waals surface area (Å²) in [5, 5.41) is 3.70. The van der Waals surface area contributed by atoms with Gasteiger partial charge in [0.2, 0.25) is 0 Å². The van der Waals surface area contributed by atoms with Crippen LogP contribution in [0.5, 0.6) is 11.5 Å². The second-order valence-electron chi connectivity index (χ2n) is 9.04. The number of methoxy groups -OCH3 is 1. The maximum absolute atomic E-state index is 13.9. The van der Waals surface area contributed by atoms with Gasteiger partial charge in [0, 0.05) is 19.6 Å². The lowest BCUT2D eigenvalue weighted by atomic mass is 9.61. The predicted octanol–water partition coefficient (Wildman–Crippen LogP) is 4.73. The smallest absolute Gasteiger partial charge is 0.258 e. The molecule has 1 saturated heterocycles. The Bertz CT molecular complexity index is 1020. The summed E-state index contributed by atoms with van der Waals surface area (Å²) in [5.41, 5.74) is 1.38. The van der Waals surface area contributed by atoms with Crippen LogP contribution in [0.25, 0.3) is 0 Å². The van der Waals surface area contributed by atoms with Crippen molar-refractivity contribution in [1.29, 1.82) is 0 Å². The van der Waals surface area contributed by atoms with E-state index in [1.807, 2.05) is 56.4 Å². The van der Waals surface area contributed by atoms with Crippen LogP contribution in [-0.2, 0) is 21.5 Å². The summed E-state index contributed by atoms with van der Waals surface area (Å²) in [7, 11) is 3.66. The molecule has 3 aliphatic rings. The number of likely N-dealkylation sites (N-methyl/N-ethyl adjacent to an activating group) is 1. The molecule has 2 aromatic carbocycles. The van der Waals surface area contributed by atoms with Crippen LogP contribution < -0.4 is 10.1 Å². The molecule has 0 radical (unpaired) electrons. The van der Waals surface area contributed by atoms with E-state index in [1.54, 1.807) is 12.0 Å². The van der Waals surface area contributed by atoms with E-state index >= 15 is 0 Å². The first-order chi connectivity index (χ1) is 15.0. The lowest BCUT2D eigenvalue weighted by molar-refractivity contribution is -0.138. The summed E-state index contributed by atoms with van der Waals surface area (Å²) in [5.74, 6) is 2.56. The van der Waals surface area contributed by atoms with E-state index in [0.29, 0.717) is 0 Å². The number of allylic oxidation sites excluding steroid dienone is 1. The third-order valence-electron chi connectivity index (χ3n) is 7.59. The lowest BCUT2D eigenvalue weighted by Gasteiger charge is -2.46. The van der Waals surface area contributed by atoms with E-state index in [0.717, 1.165) is 55.0 Å². The van der Waals surface area contributed by atoms with Crippen LogP contribution in [0.3, 0.4) is 0 Å². The number of ether oxygens (including phenoxy) is 2. The van der Waals surface area contributed by atoms with Crippen molar-refractivity contribution in [2.24, 2.45) is 5.41 Å². The first kappa shape index (κ1) is 20.1. The monoisotopic (exact) mass is 418 g/mol. The molecular formula is C26H30N2O3. The van der Waals surface area contributed by atoms with Gasteiger partial charge in [-0.25, -0.2) is 0 Å². The highest BCUT2D eigenvalue weighted by atomic mass is 16.5.